The van der Waals surface area contributed by atoms with Crippen LogP contribution in [0.5, 0.6) is 0 Å². The van der Waals surface area contributed by atoms with E-state index in [2.05, 4.69) is 43.2 Å². The number of nitrogens with one attached hydrogen (secondary N) is 2. The van der Waals surface area contributed by atoms with Crippen molar-refractivity contribution in [1.82, 2.24) is 15.3 Å². The number of aromatic amines is 1. The van der Waals surface area contributed by atoms with E-state index in [9.17, 15) is 4.79 Å². The lowest BCUT2D eigenvalue weighted by molar-refractivity contribution is 0.0492. The number of benzene rings is 2. The molecule has 1 aromatic heterocycles. The van der Waals surface area contributed by atoms with Crippen LogP contribution in [0.2, 0.25) is 0 Å². The number of amides is 1. The fourth-order valence-corrected chi connectivity index (χ4v) is 3.54. The van der Waals surface area contributed by atoms with Crippen LogP contribution in [0, 0.1) is 0 Å². The van der Waals surface area contributed by atoms with Gasteiger partial charge in [-0.05, 0) is 62.3 Å². The largest absolute Gasteiger partial charge is 0.444 e. The third-order valence-corrected chi connectivity index (χ3v) is 5.28. The zero-order chi connectivity index (χ0) is 24.1. The van der Waals surface area contributed by atoms with E-state index in [0.717, 1.165) is 28.8 Å². The molecule has 2 N–H and O–H groups in total. The topological polar surface area (TPSA) is 76.2 Å². The Morgan fingerprint density at radius 1 is 1.06 bits per heavy atom. The number of H-pyrrole nitrogens is 1. The number of hydrogen-bond donors (Lipinski definition) is 2. The molecule has 178 valence electrons. The predicted molar refractivity (Wildman–Crippen MR) is 132 cm³/mol. The lowest BCUT2D eigenvalue weighted by Crippen LogP contribution is -2.35. The van der Waals surface area contributed by atoms with Crippen LogP contribution in [0.15, 0.2) is 48.5 Å². The predicted octanol–water partition coefficient (Wildman–Crippen LogP) is 6.42. The van der Waals surface area contributed by atoms with E-state index in [1.165, 1.54) is 5.56 Å². The van der Waals surface area contributed by atoms with Crippen molar-refractivity contribution in [3.63, 3.8) is 0 Å². The van der Waals surface area contributed by atoms with Crippen molar-refractivity contribution in [2.24, 2.45) is 0 Å². The molecule has 0 radical (unpaired) electrons. The molecule has 0 saturated carbocycles. The Kier molecular flexibility index (Phi) is 7.80. The van der Waals surface area contributed by atoms with E-state index >= 15 is 0 Å². The number of nitrogens with zero attached hydrogens (tertiary/aromatic N) is 1. The molecule has 33 heavy (non-hydrogen) atoms. The van der Waals surface area contributed by atoms with Gasteiger partial charge in [0.1, 0.15) is 11.4 Å². The second-order valence-corrected chi connectivity index (χ2v) is 10.5. The average molecular weight is 452 g/mol. The van der Waals surface area contributed by atoms with Gasteiger partial charge in [-0.25, -0.2) is 9.78 Å². The summed E-state index contributed by atoms with van der Waals surface area (Å²) in [6.07, 6.45) is 1.01. The van der Waals surface area contributed by atoms with Gasteiger partial charge in [-0.2, -0.15) is 0 Å². The van der Waals surface area contributed by atoms with Crippen LogP contribution in [0.25, 0.3) is 11.0 Å². The van der Waals surface area contributed by atoms with Gasteiger partial charge < -0.3 is 19.8 Å². The normalized spacial score (nSPS) is 13.2. The summed E-state index contributed by atoms with van der Waals surface area (Å²) >= 11 is 0. The highest BCUT2D eigenvalue weighted by atomic mass is 16.6. The second-order valence-electron chi connectivity index (χ2n) is 10.5. The van der Waals surface area contributed by atoms with Gasteiger partial charge in [-0.15, -0.1) is 0 Å². The Morgan fingerprint density at radius 2 is 1.79 bits per heavy atom. The molecular weight excluding hydrogens is 414 g/mol. The van der Waals surface area contributed by atoms with Crippen LogP contribution in [0.1, 0.15) is 77.4 Å². The smallest absolute Gasteiger partial charge is 0.408 e. The Bertz CT molecular complexity index is 1050. The zero-order valence-corrected chi connectivity index (χ0v) is 20.7. The van der Waals surface area contributed by atoms with Crippen LogP contribution >= 0.6 is 0 Å². The average Bonchev–Trinajstić information content (AvgIpc) is 3.15. The molecule has 0 bridgehead atoms. The second kappa shape index (κ2) is 10.4. The number of aromatic nitrogens is 2. The van der Waals surface area contributed by atoms with Crippen LogP contribution in [-0.2, 0) is 21.5 Å². The summed E-state index contributed by atoms with van der Waals surface area (Å²) in [5.74, 6) is 0.727. The first-order chi connectivity index (χ1) is 15.5. The molecule has 0 aliphatic carbocycles. The summed E-state index contributed by atoms with van der Waals surface area (Å²) < 4.78 is 11.3. The molecule has 3 rings (SSSR count). The maximum atomic E-state index is 12.5. The summed E-state index contributed by atoms with van der Waals surface area (Å²) in [5.41, 5.74) is 3.71. The van der Waals surface area contributed by atoms with Crippen LogP contribution in [0.3, 0.4) is 0 Å². The Hall–Kier alpha value is -2.86. The quantitative estimate of drug-likeness (QED) is 0.387. The summed E-state index contributed by atoms with van der Waals surface area (Å²) in [4.78, 5) is 20.7. The summed E-state index contributed by atoms with van der Waals surface area (Å²) in [6.45, 7) is 13.3. The minimum absolute atomic E-state index is 0.0454. The van der Waals surface area contributed by atoms with E-state index < -0.39 is 11.7 Å². The molecule has 1 amide bonds. The van der Waals surface area contributed by atoms with E-state index in [-0.39, 0.29) is 11.5 Å². The van der Waals surface area contributed by atoms with Crippen molar-refractivity contribution in [3.8, 4) is 0 Å². The highest BCUT2D eigenvalue weighted by Gasteiger charge is 2.23. The zero-order valence-electron chi connectivity index (χ0n) is 20.7. The number of ether oxygens (including phenoxy) is 2. The molecule has 1 heterocycles. The minimum atomic E-state index is -0.567. The van der Waals surface area contributed by atoms with Gasteiger partial charge in [-0.3, -0.25) is 0 Å². The number of carbonyl (C=O) groups is 1. The molecule has 0 aliphatic rings. The SMILES string of the molecule is CC(C)(C)OC(=O)N[C@@H](CCCOCc1ccccc1)c1nc2ccc(C(C)(C)C)cc2[nH]1. The lowest BCUT2D eigenvalue weighted by atomic mass is 9.87. The maximum Gasteiger partial charge on any atom is 0.408 e. The Labute approximate surface area is 197 Å². The van der Waals surface area contributed by atoms with E-state index in [1.807, 2.05) is 57.2 Å². The van der Waals surface area contributed by atoms with Crippen LogP contribution in [0.4, 0.5) is 4.79 Å². The van der Waals surface area contributed by atoms with Crippen molar-refractivity contribution >= 4 is 17.1 Å². The summed E-state index contributed by atoms with van der Waals surface area (Å²) in [7, 11) is 0. The highest BCUT2D eigenvalue weighted by molar-refractivity contribution is 5.76. The van der Waals surface area contributed by atoms with E-state index in [1.54, 1.807) is 0 Å². The van der Waals surface area contributed by atoms with Crippen molar-refractivity contribution < 1.29 is 14.3 Å². The molecule has 0 saturated heterocycles. The molecule has 6 heteroatoms. The highest BCUT2D eigenvalue weighted by Crippen LogP contribution is 2.27. The number of fused-ring (bicyclic) bond motifs is 1. The van der Waals surface area contributed by atoms with Gasteiger partial charge in [-0.1, -0.05) is 57.2 Å². The monoisotopic (exact) mass is 451 g/mol. The standard InChI is InChI=1S/C27H37N3O3/c1-26(2,3)20-14-15-21-23(17-20)29-24(28-21)22(30-25(31)33-27(4,5)6)13-10-16-32-18-19-11-8-7-9-12-19/h7-9,11-12,14-15,17,22H,10,13,16,18H2,1-6H3,(H,28,29)(H,30,31)/t22-/m0/s1. The van der Waals surface area contributed by atoms with Crippen LogP contribution in [-0.4, -0.2) is 28.3 Å². The number of imidazole rings is 1. The third-order valence-electron chi connectivity index (χ3n) is 5.28. The van der Waals surface area contributed by atoms with Gasteiger partial charge in [0.2, 0.25) is 0 Å². The van der Waals surface area contributed by atoms with Gasteiger partial charge >= 0.3 is 6.09 Å². The Balaban J connectivity index is 1.70. The molecule has 0 unspecified atom stereocenters. The molecule has 0 fully saturated rings. The van der Waals surface area contributed by atoms with Crippen molar-refractivity contribution in [3.05, 3.63) is 65.5 Å². The summed E-state index contributed by atoms with van der Waals surface area (Å²) in [6, 6.07) is 16.1. The first-order valence-corrected chi connectivity index (χ1v) is 11.6. The maximum absolute atomic E-state index is 12.5. The molecule has 6 nitrogen and oxygen atoms in total. The van der Waals surface area contributed by atoms with E-state index in [0.29, 0.717) is 19.6 Å². The van der Waals surface area contributed by atoms with Gasteiger partial charge in [0, 0.05) is 6.61 Å². The van der Waals surface area contributed by atoms with Gasteiger partial charge in [0.15, 0.2) is 0 Å². The van der Waals surface area contributed by atoms with Crippen molar-refractivity contribution in [1.29, 1.82) is 0 Å². The summed E-state index contributed by atoms with van der Waals surface area (Å²) in [5, 5.41) is 2.99. The first kappa shape index (κ1) is 24.8. The molecule has 0 aliphatic heterocycles. The van der Waals surface area contributed by atoms with Crippen molar-refractivity contribution in [2.75, 3.05) is 6.61 Å². The number of hydrogen-bond acceptors (Lipinski definition) is 4. The number of alkyl carbamates (subject to hydrolysis) is 1. The van der Waals surface area contributed by atoms with Crippen LogP contribution < -0.4 is 5.32 Å². The Morgan fingerprint density at radius 3 is 2.45 bits per heavy atom. The van der Waals surface area contributed by atoms with E-state index in [4.69, 9.17) is 14.5 Å². The first-order valence-electron chi connectivity index (χ1n) is 11.6. The lowest BCUT2D eigenvalue weighted by Gasteiger charge is -2.23. The number of rotatable bonds is 8. The molecule has 3 aromatic rings. The fraction of sp³-hybridized carbons (Fsp3) is 0.481. The van der Waals surface area contributed by atoms with Gasteiger partial charge in [0.05, 0.1) is 23.7 Å². The molecule has 0 spiro atoms. The molecule has 2 aromatic carbocycles. The number of carbonyl (C=O) groups excluding carboxylic acids is 1. The minimum Gasteiger partial charge on any atom is -0.444 e. The van der Waals surface area contributed by atoms with Gasteiger partial charge in [0.25, 0.3) is 0 Å². The fourth-order valence-electron chi connectivity index (χ4n) is 3.54. The molecule has 1 atom stereocenters. The third kappa shape index (κ3) is 7.60. The molecular formula is C27H37N3O3. The van der Waals surface area contributed by atoms with Crippen molar-refractivity contribution in [2.45, 2.75) is 78.0 Å².